The van der Waals surface area contributed by atoms with E-state index in [-0.39, 0.29) is 17.2 Å². The maximum Gasteiger partial charge on any atom is 0.312 e. The van der Waals surface area contributed by atoms with Gasteiger partial charge in [0, 0.05) is 48.3 Å². The van der Waals surface area contributed by atoms with Gasteiger partial charge in [-0.1, -0.05) is 33.7 Å². The summed E-state index contributed by atoms with van der Waals surface area (Å²) in [5, 5.41) is 15.1. The molecule has 2 aromatic carbocycles. The number of hydrogen-bond acceptors (Lipinski definition) is 8. The molecule has 8 nitrogen and oxygen atoms in total. The first-order chi connectivity index (χ1) is 16.5. The Kier molecular flexibility index (Phi) is 10.3. The average molecular weight is 522 g/mol. The molecule has 1 aliphatic heterocycles. The lowest BCUT2D eigenvalue weighted by atomic mass is 10.2. The van der Waals surface area contributed by atoms with Crippen LogP contribution in [0, 0.1) is 0 Å². The number of carbonyl (C=O) groups is 3. The van der Waals surface area contributed by atoms with Crippen LogP contribution in [0.2, 0.25) is 0 Å². The normalized spacial score (nSPS) is 12.9. The Morgan fingerprint density at radius 2 is 1.82 bits per heavy atom. The van der Waals surface area contributed by atoms with Crippen LogP contribution >= 0.6 is 33.3 Å². The van der Waals surface area contributed by atoms with Gasteiger partial charge in [-0.05, 0) is 35.9 Å². The predicted molar refractivity (Wildman–Crippen MR) is 138 cm³/mol. The first kappa shape index (κ1) is 26.1. The molecule has 3 rings (SSSR count). The highest BCUT2D eigenvalue weighted by atomic mass is 33.1. The number of phenols is 1. The number of fused-ring (bicyclic) bond motifs is 1. The van der Waals surface area contributed by atoms with Crippen LogP contribution in [0.4, 0.5) is 0 Å². The summed E-state index contributed by atoms with van der Waals surface area (Å²) in [7, 11) is 4.71. The van der Waals surface area contributed by atoms with E-state index < -0.39 is 11.8 Å². The highest BCUT2D eigenvalue weighted by Gasteiger charge is 2.24. The van der Waals surface area contributed by atoms with Crippen molar-refractivity contribution in [3.63, 3.8) is 0 Å². The van der Waals surface area contributed by atoms with Gasteiger partial charge in [0.05, 0.1) is 12.7 Å². The van der Waals surface area contributed by atoms with Gasteiger partial charge in [-0.3, -0.25) is 14.4 Å². The molecule has 0 spiro atoms. The van der Waals surface area contributed by atoms with Gasteiger partial charge >= 0.3 is 11.8 Å². The number of para-hydroxylation sites is 1. The van der Waals surface area contributed by atoms with Gasteiger partial charge in [-0.25, -0.2) is 0 Å². The Morgan fingerprint density at radius 3 is 2.56 bits per heavy atom. The van der Waals surface area contributed by atoms with Crippen LogP contribution in [-0.2, 0) is 16.1 Å². The number of aromatic hydroxyl groups is 1. The third-order valence-corrected chi connectivity index (χ3v) is 8.41. The summed E-state index contributed by atoms with van der Waals surface area (Å²) in [4.78, 5) is 39.7. The van der Waals surface area contributed by atoms with E-state index in [2.05, 4.69) is 10.6 Å². The standard InChI is InChI=1S/C23H27N3O5S3/c1-31-17-6-7-20-16(14-17)15-26(10-13-32-20)23(30)22(29)25-9-12-34-33-11-8-24-21(28)18-4-2-3-5-19(18)27/h2-7,14,27H,8-13,15H2,1H3,(H,24,28)(H,25,29). The molecule has 3 N–H and O–H groups in total. The molecular formula is C23H27N3O5S3. The highest BCUT2D eigenvalue weighted by Crippen LogP contribution is 2.30. The second kappa shape index (κ2) is 13.4. The number of rotatable bonds is 9. The predicted octanol–water partition coefficient (Wildman–Crippen LogP) is 2.76. The summed E-state index contributed by atoms with van der Waals surface area (Å²) in [6, 6.07) is 12.2. The van der Waals surface area contributed by atoms with E-state index in [9.17, 15) is 19.5 Å². The van der Waals surface area contributed by atoms with E-state index >= 15 is 0 Å². The molecule has 0 unspecified atom stereocenters. The lowest BCUT2D eigenvalue weighted by molar-refractivity contribution is -0.146. The number of ether oxygens (including phenoxy) is 1. The Hall–Kier alpha value is -2.50. The molecule has 0 aliphatic carbocycles. The van der Waals surface area contributed by atoms with Crippen molar-refractivity contribution in [1.29, 1.82) is 0 Å². The lowest BCUT2D eigenvalue weighted by Gasteiger charge is -2.20. The Labute approximate surface area is 211 Å². The molecule has 0 saturated carbocycles. The zero-order chi connectivity index (χ0) is 24.3. The van der Waals surface area contributed by atoms with Crippen molar-refractivity contribution in [2.45, 2.75) is 11.4 Å². The number of hydrogen-bond donors (Lipinski definition) is 3. The number of thioether (sulfide) groups is 1. The first-order valence-corrected chi connectivity index (χ1v) is 14.1. The van der Waals surface area contributed by atoms with E-state index in [1.165, 1.54) is 6.07 Å². The van der Waals surface area contributed by atoms with Crippen molar-refractivity contribution in [2.75, 3.05) is 44.0 Å². The molecule has 34 heavy (non-hydrogen) atoms. The quantitative estimate of drug-likeness (QED) is 0.263. The minimum Gasteiger partial charge on any atom is -0.507 e. The number of phenolic OH excluding ortho intramolecular Hbond substituents is 1. The zero-order valence-corrected chi connectivity index (χ0v) is 21.2. The van der Waals surface area contributed by atoms with Crippen molar-refractivity contribution in [1.82, 2.24) is 15.5 Å². The van der Waals surface area contributed by atoms with Crippen LogP contribution < -0.4 is 15.4 Å². The SMILES string of the molecule is COc1ccc2c(c1)CN(C(=O)C(=O)NCCSSCCNC(=O)c1ccccc1O)CCS2. The number of amides is 3. The van der Waals surface area contributed by atoms with Gasteiger partial charge in [-0.15, -0.1) is 11.8 Å². The summed E-state index contributed by atoms with van der Waals surface area (Å²) >= 11 is 1.67. The van der Waals surface area contributed by atoms with Crippen LogP contribution in [0.25, 0.3) is 0 Å². The minimum atomic E-state index is -0.600. The molecule has 2 aromatic rings. The monoisotopic (exact) mass is 521 g/mol. The third kappa shape index (κ3) is 7.51. The Balaban J connectivity index is 1.31. The molecule has 1 heterocycles. The van der Waals surface area contributed by atoms with Crippen LogP contribution in [0.3, 0.4) is 0 Å². The molecule has 0 fully saturated rings. The molecular weight excluding hydrogens is 494 g/mol. The van der Waals surface area contributed by atoms with Gasteiger partial charge in [0.15, 0.2) is 0 Å². The second-order valence-corrected chi connectivity index (χ2v) is 11.1. The van der Waals surface area contributed by atoms with E-state index in [4.69, 9.17) is 4.74 Å². The molecule has 11 heteroatoms. The van der Waals surface area contributed by atoms with Gasteiger partial charge in [0.1, 0.15) is 11.5 Å². The van der Waals surface area contributed by atoms with E-state index in [0.29, 0.717) is 37.7 Å². The molecule has 0 atom stereocenters. The van der Waals surface area contributed by atoms with Crippen molar-refractivity contribution in [3.05, 3.63) is 53.6 Å². The van der Waals surface area contributed by atoms with Crippen LogP contribution in [0.1, 0.15) is 15.9 Å². The number of methoxy groups -OCH3 is 1. The minimum absolute atomic E-state index is 0.0461. The maximum atomic E-state index is 12.6. The fraction of sp³-hybridized carbons (Fsp3) is 0.348. The highest BCUT2D eigenvalue weighted by molar-refractivity contribution is 8.76. The van der Waals surface area contributed by atoms with Crippen molar-refractivity contribution < 1.29 is 24.2 Å². The third-order valence-electron chi connectivity index (χ3n) is 4.90. The van der Waals surface area contributed by atoms with E-state index in [1.807, 2.05) is 18.2 Å². The van der Waals surface area contributed by atoms with Crippen LogP contribution in [0.5, 0.6) is 11.5 Å². The van der Waals surface area contributed by atoms with Gasteiger partial charge in [-0.2, -0.15) is 0 Å². The van der Waals surface area contributed by atoms with E-state index in [0.717, 1.165) is 22.0 Å². The van der Waals surface area contributed by atoms with Crippen LogP contribution in [0.15, 0.2) is 47.4 Å². The summed E-state index contributed by atoms with van der Waals surface area (Å²) < 4.78 is 5.27. The summed E-state index contributed by atoms with van der Waals surface area (Å²) in [6.45, 7) is 1.71. The van der Waals surface area contributed by atoms with E-state index in [1.54, 1.807) is 63.6 Å². The van der Waals surface area contributed by atoms with Gasteiger partial charge in [0.25, 0.3) is 5.91 Å². The molecule has 0 saturated heterocycles. The molecule has 3 amide bonds. The van der Waals surface area contributed by atoms with Gasteiger partial charge in [0.2, 0.25) is 0 Å². The lowest BCUT2D eigenvalue weighted by Crippen LogP contribution is -2.43. The molecule has 182 valence electrons. The number of carbonyl (C=O) groups excluding carboxylic acids is 3. The fourth-order valence-corrected chi connectivity index (χ4v) is 6.00. The Bertz CT molecular complexity index is 1020. The second-order valence-electron chi connectivity index (χ2n) is 7.22. The fourth-order valence-electron chi connectivity index (χ4n) is 3.18. The number of nitrogens with one attached hydrogen (secondary N) is 2. The number of nitrogens with zero attached hydrogens (tertiary/aromatic N) is 1. The Morgan fingerprint density at radius 1 is 1.09 bits per heavy atom. The molecule has 0 aromatic heterocycles. The smallest absolute Gasteiger partial charge is 0.312 e. The van der Waals surface area contributed by atoms with Crippen molar-refractivity contribution >= 4 is 51.1 Å². The average Bonchev–Trinajstić information content (AvgIpc) is 3.07. The summed E-state index contributed by atoms with van der Waals surface area (Å²) in [6.07, 6.45) is 0. The molecule has 1 aliphatic rings. The van der Waals surface area contributed by atoms with Gasteiger partial charge < -0.3 is 25.4 Å². The summed E-state index contributed by atoms with van der Waals surface area (Å²) in [5.41, 5.74) is 1.22. The molecule has 0 bridgehead atoms. The first-order valence-electron chi connectivity index (χ1n) is 10.7. The zero-order valence-electron chi connectivity index (χ0n) is 18.7. The number of benzene rings is 2. The summed E-state index contributed by atoms with van der Waals surface area (Å²) in [5.74, 6) is 1.27. The maximum absolute atomic E-state index is 12.6. The largest absolute Gasteiger partial charge is 0.507 e. The van der Waals surface area contributed by atoms with Crippen molar-refractivity contribution in [2.24, 2.45) is 0 Å². The van der Waals surface area contributed by atoms with Crippen molar-refractivity contribution in [3.8, 4) is 11.5 Å². The topological polar surface area (TPSA) is 108 Å². The van der Waals surface area contributed by atoms with Crippen LogP contribution in [-0.4, -0.2) is 71.7 Å². The molecule has 0 radical (unpaired) electrons.